The zero-order chi connectivity index (χ0) is 17.8. The van der Waals surface area contributed by atoms with Gasteiger partial charge in [0.1, 0.15) is 18.3 Å². The molecule has 0 amide bonds. The highest BCUT2D eigenvalue weighted by Crippen LogP contribution is 2.28. The van der Waals surface area contributed by atoms with E-state index in [1.807, 2.05) is 0 Å². The van der Waals surface area contributed by atoms with E-state index in [9.17, 15) is 20.1 Å². The lowest BCUT2D eigenvalue weighted by molar-refractivity contribution is -0.313. The fraction of sp³-hybridized carbons (Fsp3) is 0.688. The first-order chi connectivity index (χ1) is 10.6. The highest BCUT2D eigenvalue weighted by Gasteiger charge is 2.44. The van der Waals surface area contributed by atoms with Crippen molar-refractivity contribution < 1.29 is 34.7 Å². The largest absolute Gasteiger partial charge is 0.478 e. The summed E-state index contributed by atoms with van der Waals surface area (Å²) in [4.78, 5) is 10.8. The fourth-order valence-electron chi connectivity index (χ4n) is 2.25. The van der Waals surface area contributed by atoms with E-state index >= 15 is 0 Å². The number of aliphatic hydroxyl groups is 3. The molecule has 0 spiro atoms. The summed E-state index contributed by atoms with van der Waals surface area (Å²) in [6.45, 7) is 8.49. The van der Waals surface area contributed by atoms with Gasteiger partial charge in [0, 0.05) is 5.57 Å². The molecule has 1 rings (SSSR count). The van der Waals surface area contributed by atoms with Crippen molar-refractivity contribution in [1.82, 2.24) is 0 Å². The van der Waals surface area contributed by atoms with Crippen molar-refractivity contribution in [3.8, 4) is 0 Å². The van der Waals surface area contributed by atoms with E-state index in [-0.39, 0.29) is 5.57 Å². The monoisotopic (exact) mass is 330 g/mol. The Bertz CT molecular complexity index is 461. The minimum Gasteiger partial charge on any atom is -0.478 e. The molecule has 7 nitrogen and oxygen atoms in total. The molecule has 0 aromatic rings. The van der Waals surface area contributed by atoms with Crippen LogP contribution in [-0.4, -0.2) is 62.7 Å². The summed E-state index contributed by atoms with van der Waals surface area (Å²) >= 11 is 0. The normalized spacial score (nSPS) is 34.7. The van der Waals surface area contributed by atoms with Crippen LogP contribution in [0.5, 0.6) is 0 Å². The SMILES string of the molecule is C=CC(C)(CC/C=C(\C)C(=O)O)O[C@@H]1O[C@H](C)[C@@H](O)[C@H](O)[C@H]1O. The molecule has 0 saturated carbocycles. The van der Waals surface area contributed by atoms with E-state index < -0.39 is 42.3 Å². The smallest absolute Gasteiger partial charge is 0.330 e. The Hall–Kier alpha value is -1.25. The zero-order valence-corrected chi connectivity index (χ0v) is 13.7. The van der Waals surface area contributed by atoms with Crippen LogP contribution < -0.4 is 0 Å². The lowest BCUT2D eigenvalue weighted by Crippen LogP contribution is -2.58. The summed E-state index contributed by atoms with van der Waals surface area (Å²) < 4.78 is 11.1. The van der Waals surface area contributed by atoms with E-state index in [1.165, 1.54) is 13.0 Å². The lowest BCUT2D eigenvalue weighted by Gasteiger charge is -2.42. The maximum Gasteiger partial charge on any atom is 0.330 e. The molecule has 0 bridgehead atoms. The van der Waals surface area contributed by atoms with Gasteiger partial charge in [-0.2, -0.15) is 0 Å². The van der Waals surface area contributed by atoms with Crippen LogP contribution in [0.1, 0.15) is 33.6 Å². The van der Waals surface area contributed by atoms with E-state index in [0.717, 1.165) is 0 Å². The van der Waals surface area contributed by atoms with Crippen LogP contribution in [0.3, 0.4) is 0 Å². The molecular weight excluding hydrogens is 304 g/mol. The van der Waals surface area contributed by atoms with Crippen molar-refractivity contribution in [3.63, 3.8) is 0 Å². The minimum absolute atomic E-state index is 0.234. The van der Waals surface area contributed by atoms with Gasteiger partial charge < -0.3 is 29.9 Å². The number of carbonyl (C=O) groups is 1. The third-order valence-corrected chi connectivity index (χ3v) is 4.05. The first-order valence-corrected chi connectivity index (χ1v) is 7.52. The standard InChI is InChI=1S/C16H26O7/c1-5-16(4,8-6-7-9(2)14(20)21)23-15-13(19)12(18)11(17)10(3)22-15/h5,7,10-13,15,17-19H,1,6,8H2,2-4H3,(H,20,21)/b9-7+/t10-,11-,12+,13-,15+,16?/m1/s1. The number of carboxylic acid groups (broad SMARTS) is 1. The molecule has 7 heteroatoms. The fourth-order valence-corrected chi connectivity index (χ4v) is 2.25. The third-order valence-electron chi connectivity index (χ3n) is 4.05. The minimum atomic E-state index is -1.39. The summed E-state index contributed by atoms with van der Waals surface area (Å²) in [5.74, 6) is -0.983. The number of hydrogen-bond acceptors (Lipinski definition) is 6. The molecule has 1 aliphatic heterocycles. The summed E-state index contributed by atoms with van der Waals surface area (Å²) in [5, 5.41) is 38.3. The van der Waals surface area contributed by atoms with Gasteiger partial charge in [-0.25, -0.2) is 4.79 Å². The Morgan fingerprint density at radius 1 is 1.30 bits per heavy atom. The average molecular weight is 330 g/mol. The highest BCUT2D eigenvalue weighted by atomic mass is 16.7. The first kappa shape index (κ1) is 19.8. The molecule has 4 N–H and O–H groups in total. The second-order valence-corrected chi connectivity index (χ2v) is 6.05. The second-order valence-electron chi connectivity index (χ2n) is 6.05. The Labute approximate surface area is 135 Å². The summed E-state index contributed by atoms with van der Waals surface area (Å²) in [6.07, 6.45) is -1.80. The van der Waals surface area contributed by atoms with Crippen LogP contribution in [-0.2, 0) is 14.3 Å². The van der Waals surface area contributed by atoms with E-state index in [4.69, 9.17) is 14.6 Å². The molecule has 0 aliphatic carbocycles. The summed E-state index contributed by atoms with van der Waals surface area (Å²) in [6, 6.07) is 0. The topological polar surface area (TPSA) is 116 Å². The predicted octanol–water partition coefficient (Wildman–Crippen LogP) is 0.586. The molecule has 23 heavy (non-hydrogen) atoms. The van der Waals surface area contributed by atoms with Crippen LogP contribution in [0.15, 0.2) is 24.3 Å². The van der Waals surface area contributed by atoms with Gasteiger partial charge >= 0.3 is 5.97 Å². The van der Waals surface area contributed by atoms with Crippen molar-refractivity contribution in [2.75, 3.05) is 0 Å². The van der Waals surface area contributed by atoms with Gasteiger partial charge in [0.15, 0.2) is 6.29 Å². The average Bonchev–Trinajstić information content (AvgIpc) is 2.50. The van der Waals surface area contributed by atoms with Gasteiger partial charge in [0.2, 0.25) is 0 Å². The summed E-state index contributed by atoms with van der Waals surface area (Å²) in [5.41, 5.74) is -0.652. The molecule has 0 aromatic carbocycles. The molecular formula is C16H26O7. The summed E-state index contributed by atoms with van der Waals surface area (Å²) in [7, 11) is 0. The number of carboxylic acids is 1. The maximum atomic E-state index is 10.8. The van der Waals surface area contributed by atoms with Gasteiger partial charge in [0.05, 0.1) is 11.7 Å². The van der Waals surface area contributed by atoms with Crippen LogP contribution in [0.4, 0.5) is 0 Å². The second kappa shape index (κ2) is 8.03. The van der Waals surface area contributed by atoms with Gasteiger partial charge in [0.25, 0.3) is 0 Å². The van der Waals surface area contributed by atoms with E-state index in [1.54, 1.807) is 19.9 Å². The molecule has 0 aromatic heterocycles. The number of ether oxygens (including phenoxy) is 2. The van der Waals surface area contributed by atoms with Crippen LogP contribution in [0.25, 0.3) is 0 Å². The zero-order valence-electron chi connectivity index (χ0n) is 13.7. The quantitative estimate of drug-likeness (QED) is 0.399. The molecule has 1 saturated heterocycles. The number of aliphatic carboxylic acids is 1. The lowest BCUT2D eigenvalue weighted by atomic mass is 9.97. The van der Waals surface area contributed by atoms with Crippen molar-refractivity contribution >= 4 is 5.97 Å². The predicted molar refractivity (Wildman–Crippen MR) is 82.7 cm³/mol. The van der Waals surface area contributed by atoms with Crippen molar-refractivity contribution in [1.29, 1.82) is 0 Å². The molecule has 1 aliphatic rings. The van der Waals surface area contributed by atoms with Crippen molar-refractivity contribution in [3.05, 3.63) is 24.3 Å². The molecule has 6 atom stereocenters. The number of aliphatic hydroxyl groups excluding tert-OH is 3. The van der Waals surface area contributed by atoms with E-state index in [0.29, 0.717) is 12.8 Å². The Balaban J connectivity index is 2.72. The molecule has 1 unspecified atom stereocenters. The van der Waals surface area contributed by atoms with Crippen LogP contribution >= 0.6 is 0 Å². The van der Waals surface area contributed by atoms with Crippen LogP contribution in [0.2, 0.25) is 0 Å². The molecule has 0 radical (unpaired) electrons. The molecule has 1 heterocycles. The van der Waals surface area contributed by atoms with Gasteiger partial charge in [-0.3, -0.25) is 0 Å². The van der Waals surface area contributed by atoms with Gasteiger partial charge in [-0.1, -0.05) is 12.2 Å². The molecule has 132 valence electrons. The first-order valence-electron chi connectivity index (χ1n) is 7.52. The number of hydrogen-bond donors (Lipinski definition) is 4. The van der Waals surface area contributed by atoms with Gasteiger partial charge in [-0.15, -0.1) is 6.58 Å². The van der Waals surface area contributed by atoms with Crippen LogP contribution in [0, 0.1) is 0 Å². The third kappa shape index (κ3) is 5.12. The Kier molecular flexibility index (Phi) is 6.91. The van der Waals surface area contributed by atoms with Crippen molar-refractivity contribution in [2.24, 2.45) is 0 Å². The number of allylic oxidation sites excluding steroid dienone is 1. The molecule has 1 fully saturated rings. The number of rotatable bonds is 7. The van der Waals surface area contributed by atoms with Crippen molar-refractivity contribution in [2.45, 2.75) is 69.9 Å². The van der Waals surface area contributed by atoms with Gasteiger partial charge in [-0.05, 0) is 33.6 Å². The highest BCUT2D eigenvalue weighted by molar-refractivity contribution is 5.85. The Morgan fingerprint density at radius 3 is 2.43 bits per heavy atom. The Morgan fingerprint density at radius 2 is 1.91 bits per heavy atom. The maximum absolute atomic E-state index is 10.8. The van der Waals surface area contributed by atoms with E-state index in [2.05, 4.69) is 6.58 Å².